The van der Waals surface area contributed by atoms with Crippen molar-refractivity contribution in [3.63, 3.8) is 0 Å². The number of hydrogen-bond acceptors (Lipinski definition) is 5. The molecule has 3 fully saturated rings. The Morgan fingerprint density at radius 1 is 1.08 bits per heavy atom. The van der Waals surface area contributed by atoms with E-state index in [0.717, 1.165) is 70.4 Å². The Labute approximate surface area is 220 Å². The Morgan fingerprint density at radius 3 is 2.41 bits per heavy atom. The zero-order valence-electron chi connectivity index (χ0n) is 21.7. The van der Waals surface area contributed by atoms with E-state index in [2.05, 4.69) is 32.8 Å². The van der Waals surface area contributed by atoms with Gasteiger partial charge in [-0.3, -0.25) is 4.79 Å². The van der Waals surface area contributed by atoms with Crippen LogP contribution in [0, 0.1) is 35.7 Å². The van der Waals surface area contributed by atoms with Crippen LogP contribution in [0.15, 0.2) is 54.6 Å². The van der Waals surface area contributed by atoms with Crippen molar-refractivity contribution in [3.05, 3.63) is 77.1 Å². The van der Waals surface area contributed by atoms with Gasteiger partial charge in [-0.2, -0.15) is 5.26 Å². The molecule has 0 aromatic heterocycles. The van der Waals surface area contributed by atoms with Crippen LogP contribution in [-0.4, -0.2) is 49.7 Å². The summed E-state index contributed by atoms with van der Waals surface area (Å²) in [6.45, 7) is 15.2. The van der Waals surface area contributed by atoms with Gasteiger partial charge in [-0.25, -0.2) is 6.57 Å². The lowest BCUT2D eigenvalue weighted by Crippen LogP contribution is -2.54. The first kappa shape index (κ1) is 25.3. The first-order valence-corrected chi connectivity index (χ1v) is 13.6. The minimum absolute atomic E-state index is 0.0421. The molecule has 2 aliphatic heterocycles. The van der Waals surface area contributed by atoms with Gasteiger partial charge in [0.25, 0.3) is 5.54 Å². The zero-order chi connectivity index (χ0) is 25.8. The molecule has 192 valence electrons. The quantitative estimate of drug-likeness (QED) is 0.387. The molecule has 0 bridgehead atoms. The molecule has 5 rings (SSSR count). The number of anilines is 1. The number of piperidine rings is 1. The van der Waals surface area contributed by atoms with Crippen LogP contribution in [0.4, 0.5) is 5.69 Å². The molecule has 6 heteroatoms. The Kier molecular flexibility index (Phi) is 7.49. The fourth-order valence-electron chi connectivity index (χ4n) is 7.04. The maximum atomic E-state index is 11.9. The standard InChI is InChI=1S/C31H36N4O2/c1-23(36)37-30-10-6-9-29(30)31(33-2,26-7-4-3-5-8-26)27-15-17-34(18-16-27)20-25-21-35(22-25)28-13-11-24(19-32)12-14-28/h3-5,7-8,11-14,25,27,29-30H,6,9-10,15-18,20-22H2,1H3/t29-,30-,31-/m0/s1. The Balaban J connectivity index is 1.24. The van der Waals surface area contributed by atoms with E-state index in [1.165, 1.54) is 12.6 Å². The normalized spacial score (nSPS) is 24.5. The molecule has 2 aromatic rings. The maximum Gasteiger partial charge on any atom is 0.302 e. The average Bonchev–Trinajstić information content (AvgIpc) is 3.36. The van der Waals surface area contributed by atoms with Gasteiger partial charge in [-0.15, -0.1) is 0 Å². The molecular weight excluding hydrogens is 460 g/mol. The number of carbonyl (C=O) groups excluding carboxylic acids is 1. The monoisotopic (exact) mass is 496 g/mol. The number of carbonyl (C=O) groups is 1. The van der Waals surface area contributed by atoms with Crippen LogP contribution in [0.1, 0.15) is 50.2 Å². The van der Waals surface area contributed by atoms with Crippen LogP contribution in [0.3, 0.4) is 0 Å². The minimum atomic E-state index is -0.646. The highest BCUT2D eigenvalue weighted by molar-refractivity contribution is 5.66. The van der Waals surface area contributed by atoms with E-state index in [-0.39, 0.29) is 23.9 Å². The molecule has 0 amide bonds. The molecule has 3 aliphatic rings. The summed E-state index contributed by atoms with van der Waals surface area (Å²) in [5, 5.41) is 9.02. The third-order valence-corrected chi connectivity index (χ3v) is 8.80. The third-order valence-electron chi connectivity index (χ3n) is 8.80. The number of esters is 1. The van der Waals surface area contributed by atoms with Crippen LogP contribution in [0.2, 0.25) is 0 Å². The first-order chi connectivity index (χ1) is 18.0. The molecule has 2 heterocycles. The number of nitrogens with zero attached hydrogens (tertiary/aromatic N) is 4. The average molecular weight is 497 g/mol. The van der Waals surface area contributed by atoms with Crippen LogP contribution >= 0.6 is 0 Å². The fourth-order valence-corrected chi connectivity index (χ4v) is 7.04. The van der Waals surface area contributed by atoms with E-state index in [0.29, 0.717) is 11.5 Å². The first-order valence-electron chi connectivity index (χ1n) is 13.6. The Morgan fingerprint density at radius 2 is 1.78 bits per heavy atom. The van der Waals surface area contributed by atoms with E-state index in [1.807, 2.05) is 42.5 Å². The molecule has 0 N–H and O–H groups in total. The summed E-state index contributed by atoms with van der Waals surface area (Å²) in [6, 6.07) is 20.4. The second-order valence-corrected chi connectivity index (χ2v) is 11.0. The highest BCUT2D eigenvalue weighted by Crippen LogP contribution is 2.52. The summed E-state index contributed by atoms with van der Waals surface area (Å²) in [5.74, 6) is 0.700. The lowest BCUT2D eigenvalue weighted by molar-refractivity contribution is -0.149. The van der Waals surface area contributed by atoms with E-state index >= 15 is 0 Å². The van der Waals surface area contributed by atoms with Gasteiger partial charge in [0.05, 0.1) is 17.6 Å². The summed E-state index contributed by atoms with van der Waals surface area (Å²) in [7, 11) is 0. The van der Waals surface area contributed by atoms with Crippen molar-refractivity contribution in [3.8, 4) is 6.07 Å². The molecule has 0 radical (unpaired) electrons. The predicted molar refractivity (Wildman–Crippen MR) is 144 cm³/mol. The summed E-state index contributed by atoms with van der Waals surface area (Å²) in [4.78, 5) is 21.3. The SMILES string of the molecule is [C-]#[N+][C@@](c1ccccc1)(C1CCN(CC2CN(c3ccc(C#N)cc3)C2)CC1)[C@H]1CCC[C@@H]1OC(C)=O. The number of nitriles is 1. The fraction of sp³-hybridized carbons (Fsp3) is 0.516. The molecule has 37 heavy (non-hydrogen) atoms. The van der Waals surface area contributed by atoms with E-state index < -0.39 is 5.54 Å². The van der Waals surface area contributed by atoms with E-state index in [1.54, 1.807) is 0 Å². The van der Waals surface area contributed by atoms with Crippen LogP contribution in [0.25, 0.3) is 4.85 Å². The molecule has 6 nitrogen and oxygen atoms in total. The van der Waals surface area contributed by atoms with Crippen molar-refractivity contribution < 1.29 is 9.53 Å². The number of benzene rings is 2. The van der Waals surface area contributed by atoms with Crippen molar-refractivity contribution in [2.75, 3.05) is 37.6 Å². The van der Waals surface area contributed by atoms with Gasteiger partial charge in [-0.1, -0.05) is 30.3 Å². The van der Waals surface area contributed by atoms with Crippen LogP contribution in [-0.2, 0) is 15.1 Å². The van der Waals surface area contributed by atoms with E-state index in [9.17, 15) is 4.79 Å². The molecule has 3 atom stereocenters. The van der Waals surface area contributed by atoms with Gasteiger partial charge >= 0.3 is 5.97 Å². The van der Waals surface area contributed by atoms with Crippen molar-refractivity contribution >= 4 is 11.7 Å². The van der Waals surface area contributed by atoms with Gasteiger partial charge in [0.15, 0.2) is 0 Å². The zero-order valence-corrected chi connectivity index (χ0v) is 21.7. The van der Waals surface area contributed by atoms with Gasteiger partial charge in [-0.05, 0) is 69.5 Å². The van der Waals surface area contributed by atoms with Gasteiger partial charge in [0.2, 0.25) is 0 Å². The third kappa shape index (κ3) is 5.09. The highest BCUT2D eigenvalue weighted by atomic mass is 16.5. The minimum Gasteiger partial charge on any atom is -0.462 e. The molecule has 1 aliphatic carbocycles. The van der Waals surface area contributed by atoms with E-state index in [4.69, 9.17) is 16.6 Å². The molecule has 2 aromatic carbocycles. The summed E-state index contributed by atoms with van der Waals surface area (Å²) >= 11 is 0. The predicted octanol–water partition coefficient (Wildman–Crippen LogP) is 5.25. The van der Waals surface area contributed by atoms with Gasteiger partial charge in [0.1, 0.15) is 6.10 Å². The van der Waals surface area contributed by atoms with Crippen LogP contribution in [0.5, 0.6) is 0 Å². The summed E-state index contributed by atoms with van der Waals surface area (Å²) in [6.07, 6.45) is 4.60. The summed E-state index contributed by atoms with van der Waals surface area (Å²) < 4.78 is 5.79. The molecule has 1 saturated carbocycles. The molecular formula is C31H36N4O2. The van der Waals surface area contributed by atoms with Crippen LogP contribution < -0.4 is 4.90 Å². The van der Waals surface area contributed by atoms with Crippen molar-refractivity contribution in [1.82, 2.24) is 4.90 Å². The smallest absolute Gasteiger partial charge is 0.302 e. The van der Waals surface area contributed by atoms with Gasteiger partial charge in [0, 0.05) is 49.6 Å². The Hall–Kier alpha value is -3.35. The highest BCUT2D eigenvalue weighted by Gasteiger charge is 2.58. The van der Waals surface area contributed by atoms with Gasteiger partial charge < -0.3 is 19.4 Å². The lowest BCUT2D eigenvalue weighted by atomic mass is 9.65. The van der Waals surface area contributed by atoms with Crippen molar-refractivity contribution in [2.24, 2.45) is 17.8 Å². The van der Waals surface area contributed by atoms with Crippen molar-refractivity contribution in [2.45, 2.75) is 50.7 Å². The molecule has 0 spiro atoms. The second-order valence-electron chi connectivity index (χ2n) is 11.0. The number of hydrogen-bond donors (Lipinski definition) is 0. The summed E-state index contributed by atoms with van der Waals surface area (Å²) in [5.41, 5.74) is 2.33. The topological polar surface area (TPSA) is 60.9 Å². The largest absolute Gasteiger partial charge is 0.462 e. The van der Waals surface area contributed by atoms with Crippen molar-refractivity contribution in [1.29, 1.82) is 5.26 Å². The Bertz CT molecular complexity index is 1150. The lowest BCUT2D eigenvalue weighted by Gasteiger charge is -2.46. The maximum absolute atomic E-state index is 11.9. The number of rotatable bonds is 7. The second kappa shape index (κ2) is 11.0. The molecule has 0 unspecified atom stereocenters. The number of likely N-dealkylation sites (tertiary alicyclic amines) is 1. The molecule has 2 saturated heterocycles. The number of ether oxygens (including phenoxy) is 1.